The first kappa shape index (κ1) is 32.2. The van der Waals surface area contributed by atoms with E-state index in [1.165, 1.54) is 9.80 Å². The molecule has 0 aromatic heterocycles. The number of ether oxygens (including phenoxy) is 3. The zero-order valence-corrected chi connectivity index (χ0v) is 25.2. The standard InChI is InChI=1S/C32H43N3O8/c1-6-9-10-25(37)33-18-20(4)42-31(40)26-24-15-16-32(43-24)27(26)29(38)35(21(8-3)19-36)28(32)30(39)34(17-7-2)22-11-13-23(41-5)14-12-22/h6-7,11-14,20-21,24,26-28,36H,1-2,8-10,15-19H2,3-5H3,(H,33,37)/t20-,21-,24-,26+,27+,28-,32+/m0/s1. The predicted molar refractivity (Wildman–Crippen MR) is 159 cm³/mol. The van der Waals surface area contributed by atoms with Crippen LogP contribution >= 0.6 is 0 Å². The van der Waals surface area contributed by atoms with Gasteiger partial charge in [-0.25, -0.2) is 0 Å². The van der Waals surface area contributed by atoms with E-state index in [1.807, 2.05) is 6.92 Å². The van der Waals surface area contributed by atoms with Crippen LogP contribution in [0.1, 0.15) is 46.0 Å². The molecule has 234 valence electrons. The first-order valence-corrected chi connectivity index (χ1v) is 14.9. The number of benzene rings is 1. The van der Waals surface area contributed by atoms with E-state index in [2.05, 4.69) is 18.5 Å². The molecule has 0 aliphatic carbocycles. The van der Waals surface area contributed by atoms with Crippen LogP contribution in [-0.4, -0.2) is 90.4 Å². The number of methoxy groups -OCH3 is 1. The van der Waals surface area contributed by atoms with Crippen molar-refractivity contribution in [3.63, 3.8) is 0 Å². The highest BCUT2D eigenvalue weighted by atomic mass is 16.6. The SMILES string of the molecule is C=CCCC(=O)NC[C@H](C)OC(=O)[C@@H]1[C@@H]2CC[C@]3(O2)[C@H](C(=O)N(CC=C)c2ccc(OC)cc2)N([C@@H](CC)CO)C(=O)[C@@H]13. The van der Waals surface area contributed by atoms with Crippen molar-refractivity contribution < 1.29 is 38.5 Å². The van der Waals surface area contributed by atoms with Gasteiger partial charge in [-0.3, -0.25) is 19.2 Å². The third kappa shape index (κ3) is 6.05. The molecule has 2 bridgehead atoms. The van der Waals surface area contributed by atoms with Gasteiger partial charge in [-0.05, 0) is 56.9 Å². The minimum Gasteiger partial charge on any atom is -0.497 e. The number of carbonyl (C=O) groups is 4. The summed E-state index contributed by atoms with van der Waals surface area (Å²) in [4.78, 5) is 57.3. The molecular formula is C32H43N3O8. The number of anilines is 1. The van der Waals surface area contributed by atoms with E-state index in [0.29, 0.717) is 37.1 Å². The van der Waals surface area contributed by atoms with Crippen molar-refractivity contribution in [2.45, 2.75) is 75.8 Å². The highest BCUT2D eigenvalue weighted by Crippen LogP contribution is 2.59. The van der Waals surface area contributed by atoms with E-state index in [-0.39, 0.29) is 37.9 Å². The highest BCUT2D eigenvalue weighted by molar-refractivity contribution is 6.04. The van der Waals surface area contributed by atoms with Gasteiger partial charge in [-0.2, -0.15) is 0 Å². The molecule has 2 N–H and O–H groups in total. The molecule has 3 fully saturated rings. The maximum absolute atomic E-state index is 14.5. The minimum absolute atomic E-state index is 0.123. The van der Waals surface area contributed by atoms with Crippen molar-refractivity contribution in [3.8, 4) is 5.75 Å². The van der Waals surface area contributed by atoms with Gasteiger partial charge in [0.05, 0.1) is 44.2 Å². The Morgan fingerprint density at radius 1 is 1.26 bits per heavy atom. The fraction of sp³-hybridized carbons (Fsp3) is 0.562. The average molecular weight is 598 g/mol. The van der Waals surface area contributed by atoms with Crippen molar-refractivity contribution in [2.75, 3.05) is 31.7 Å². The van der Waals surface area contributed by atoms with E-state index >= 15 is 0 Å². The minimum atomic E-state index is -1.25. The largest absolute Gasteiger partial charge is 0.497 e. The van der Waals surface area contributed by atoms with Crippen molar-refractivity contribution >= 4 is 29.4 Å². The Labute approximate surface area is 252 Å². The predicted octanol–water partition coefficient (Wildman–Crippen LogP) is 2.37. The van der Waals surface area contributed by atoms with Crippen LogP contribution in [-0.2, 0) is 28.7 Å². The number of aliphatic hydroxyl groups is 1. The van der Waals surface area contributed by atoms with Crippen molar-refractivity contribution in [1.82, 2.24) is 10.2 Å². The number of hydrogen-bond acceptors (Lipinski definition) is 8. The van der Waals surface area contributed by atoms with Crippen molar-refractivity contribution in [1.29, 1.82) is 0 Å². The maximum atomic E-state index is 14.5. The molecule has 0 unspecified atom stereocenters. The summed E-state index contributed by atoms with van der Waals surface area (Å²) in [5, 5.41) is 13.0. The van der Waals surface area contributed by atoms with Crippen LogP contribution in [0.25, 0.3) is 0 Å². The Kier molecular flexibility index (Phi) is 10.3. The number of esters is 1. The van der Waals surface area contributed by atoms with Gasteiger partial charge >= 0.3 is 5.97 Å². The summed E-state index contributed by atoms with van der Waals surface area (Å²) in [6.07, 6.45) is 4.15. The maximum Gasteiger partial charge on any atom is 0.312 e. The van der Waals surface area contributed by atoms with Crippen molar-refractivity contribution in [2.24, 2.45) is 11.8 Å². The summed E-state index contributed by atoms with van der Waals surface area (Å²) in [5.74, 6) is -2.78. The first-order chi connectivity index (χ1) is 20.7. The van der Waals surface area contributed by atoms with Gasteiger partial charge in [0.2, 0.25) is 11.8 Å². The second-order valence-electron chi connectivity index (χ2n) is 11.4. The average Bonchev–Trinajstić information content (AvgIpc) is 3.66. The number of aliphatic hydroxyl groups excluding tert-OH is 1. The molecule has 43 heavy (non-hydrogen) atoms. The lowest BCUT2D eigenvalue weighted by Crippen LogP contribution is -2.59. The van der Waals surface area contributed by atoms with Crippen LogP contribution in [0.5, 0.6) is 5.75 Å². The molecule has 0 saturated carbocycles. The Balaban J connectivity index is 1.63. The van der Waals surface area contributed by atoms with E-state index in [1.54, 1.807) is 50.5 Å². The molecule has 4 rings (SSSR count). The molecular weight excluding hydrogens is 554 g/mol. The van der Waals surface area contributed by atoms with Gasteiger partial charge in [0.25, 0.3) is 5.91 Å². The van der Waals surface area contributed by atoms with Crippen LogP contribution in [0.2, 0.25) is 0 Å². The zero-order chi connectivity index (χ0) is 31.3. The second kappa shape index (κ2) is 13.7. The van der Waals surface area contributed by atoms with Gasteiger partial charge < -0.3 is 34.4 Å². The summed E-state index contributed by atoms with van der Waals surface area (Å²) >= 11 is 0. The lowest BCUT2D eigenvalue weighted by molar-refractivity contribution is -0.159. The molecule has 3 saturated heterocycles. The van der Waals surface area contributed by atoms with E-state index in [4.69, 9.17) is 14.2 Å². The van der Waals surface area contributed by atoms with Gasteiger partial charge in [0, 0.05) is 18.7 Å². The van der Waals surface area contributed by atoms with Gasteiger partial charge in [-0.15, -0.1) is 13.2 Å². The highest BCUT2D eigenvalue weighted by Gasteiger charge is 2.75. The fourth-order valence-corrected chi connectivity index (χ4v) is 6.70. The molecule has 7 atom stereocenters. The summed E-state index contributed by atoms with van der Waals surface area (Å²) in [5.41, 5.74) is -0.665. The smallest absolute Gasteiger partial charge is 0.312 e. The quantitative estimate of drug-likeness (QED) is 0.233. The van der Waals surface area contributed by atoms with Crippen LogP contribution in [0.15, 0.2) is 49.6 Å². The molecule has 1 aromatic rings. The number of likely N-dealkylation sites (tertiary alicyclic amines) is 1. The number of rotatable bonds is 15. The van der Waals surface area contributed by atoms with Crippen LogP contribution in [0.4, 0.5) is 5.69 Å². The van der Waals surface area contributed by atoms with Gasteiger partial charge in [0.15, 0.2) is 0 Å². The third-order valence-corrected chi connectivity index (χ3v) is 8.76. The molecule has 11 heteroatoms. The number of hydrogen-bond donors (Lipinski definition) is 2. The summed E-state index contributed by atoms with van der Waals surface area (Å²) in [6.45, 7) is 10.9. The lowest BCUT2D eigenvalue weighted by Gasteiger charge is -2.39. The Morgan fingerprint density at radius 3 is 2.58 bits per heavy atom. The van der Waals surface area contributed by atoms with Crippen LogP contribution in [0, 0.1) is 11.8 Å². The number of amides is 3. The lowest BCUT2D eigenvalue weighted by atomic mass is 9.70. The Morgan fingerprint density at radius 2 is 1.98 bits per heavy atom. The van der Waals surface area contributed by atoms with E-state index < -0.39 is 53.6 Å². The summed E-state index contributed by atoms with van der Waals surface area (Å²) in [6, 6.07) is 5.29. The topological polar surface area (TPSA) is 135 Å². The number of allylic oxidation sites excluding steroid dienone is 1. The molecule has 3 aliphatic rings. The van der Waals surface area contributed by atoms with Crippen molar-refractivity contribution in [3.05, 3.63) is 49.6 Å². The number of nitrogens with zero attached hydrogens (tertiary/aromatic N) is 2. The Bertz CT molecular complexity index is 1220. The normalized spacial score (nSPS) is 26.8. The number of nitrogens with one attached hydrogen (secondary N) is 1. The van der Waals surface area contributed by atoms with Gasteiger partial charge in [-0.1, -0.05) is 19.1 Å². The van der Waals surface area contributed by atoms with E-state index in [0.717, 1.165) is 0 Å². The van der Waals surface area contributed by atoms with E-state index in [9.17, 15) is 24.3 Å². The van der Waals surface area contributed by atoms with Gasteiger partial charge in [0.1, 0.15) is 23.5 Å². The molecule has 0 radical (unpaired) electrons. The molecule has 3 aliphatic heterocycles. The van der Waals surface area contributed by atoms with Crippen LogP contribution < -0.4 is 15.0 Å². The molecule has 11 nitrogen and oxygen atoms in total. The summed E-state index contributed by atoms with van der Waals surface area (Å²) < 4.78 is 17.5. The number of carbonyl (C=O) groups excluding carboxylic acids is 4. The number of fused-ring (bicyclic) bond motifs is 1. The zero-order valence-electron chi connectivity index (χ0n) is 25.2. The Hall–Kier alpha value is -3.70. The summed E-state index contributed by atoms with van der Waals surface area (Å²) in [7, 11) is 1.55. The third-order valence-electron chi connectivity index (χ3n) is 8.76. The molecule has 3 amide bonds. The molecule has 1 spiro atoms. The first-order valence-electron chi connectivity index (χ1n) is 14.9. The molecule has 3 heterocycles. The van der Waals surface area contributed by atoms with Crippen LogP contribution in [0.3, 0.4) is 0 Å². The fourth-order valence-electron chi connectivity index (χ4n) is 6.70. The monoisotopic (exact) mass is 597 g/mol. The molecule has 1 aromatic carbocycles. The second-order valence-corrected chi connectivity index (χ2v) is 11.4.